The van der Waals surface area contributed by atoms with E-state index in [1.807, 2.05) is 0 Å². The lowest BCUT2D eigenvalue weighted by Crippen LogP contribution is -2.27. The Morgan fingerprint density at radius 3 is 1.41 bits per heavy atom. The van der Waals surface area contributed by atoms with Crippen LogP contribution in [0.4, 0.5) is 0 Å². The lowest BCUT2D eigenvalue weighted by atomic mass is 10.1. The molecular weight excluding hydrogens is 300 g/mol. The zero-order valence-corrected chi connectivity index (χ0v) is 16.4. The molecule has 1 aliphatic rings. The van der Waals surface area contributed by atoms with Gasteiger partial charge in [0.1, 0.15) is 0 Å². The van der Waals surface area contributed by atoms with Gasteiger partial charge >= 0.3 is 0 Å². The first-order valence-corrected chi connectivity index (χ1v) is 14.8. The summed E-state index contributed by atoms with van der Waals surface area (Å²) >= 11 is 0. The van der Waals surface area contributed by atoms with E-state index in [9.17, 15) is 0 Å². The van der Waals surface area contributed by atoms with Crippen LogP contribution in [0.3, 0.4) is 0 Å². The summed E-state index contributed by atoms with van der Waals surface area (Å²) in [6.45, 7) is 13.7. The Hall–Kier alpha value is -1.53. The smallest absolute Gasteiger partial charge is 0.173 e. The van der Waals surface area contributed by atoms with E-state index in [4.69, 9.17) is 9.32 Å². The SMILES string of the molecule is C[Si](C)(C)/N=C1\C(=N\[Si](C)(C)C)c2cccc3cccc1c23. The maximum Gasteiger partial charge on any atom is 0.173 e. The van der Waals surface area contributed by atoms with Gasteiger partial charge in [0, 0.05) is 16.5 Å². The monoisotopic (exact) mass is 324 g/mol. The predicted octanol–water partition coefficient (Wildman–Crippen LogP) is 5.10. The van der Waals surface area contributed by atoms with Gasteiger partial charge in [-0.15, -0.1) is 0 Å². The summed E-state index contributed by atoms with van der Waals surface area (Å²) in [5, 5.41) is 2.62. The largest absolute Gasteiger partial charge is 0.319 e. The maximum absolute atomic E-state index is 5.16. The van der Waals surface area contributed by atoms with Gasteiger partial charge in [0.2, 0.25) is 0 Å². The Kier molecular flexibility index (Phi) is 3.49. The number of hydrogen-bond donors (Lipinski definition) is 0. The van der Waals surface area contributed by atoms with Crippen LogP contribution < -0.4 is 0 Å². The minimum absolute atomic E-state index is 1.13. The average molecular weight is 325 g/mol. The standard InChI is InChI=1S/C18H24N2Si2/c1-21(2,3)19-17-14-11-7-9-13-10-8-12-15(16(13)14)18(17)20-22(4,5)6/h7-12H,1-6H3/b19-17-,20-18+. The van der Waals surface area contributed by atoms with Crippen LogP contribution in [0.25, 0.3) is 10.8 Å². The molecule has 0 spiro atoms. The fourth-order valence-corrected chi connectivity index (χ4v) is 4.68. The molecule has 2 aromatic rings. The lowest BCUT2D eigenvalue weighted by Gasteiger charge is -2.16. The summed E-state index contributed by atoms with van der Waals surface area (Å²) in [6, 6.07) is 13.1. The van der Waals surface area contributed by atoms with Gasteiger partial charge in [-0.25, -0.2) is 0 Å². The van der Waals surface area contributed by atoms with Gasteiger partial charge in [-0.3, -0.25) is 0 Å². The van der Waals surface area contributed by atoms with E-state index in [1.54, 1.807) is 0 Å². The average Bonchev–Trinajstić information content (AvgIpc) is 2.64. The molecule has 0 atom stereocenters. The second-order valence-corrected chi connectivity index (χ2v) is 17.1. The Morgan fingerprint density at radius 1 is 0.636 bits per heavy atom. The molecule has 0 saturated heterocycles. The van der Waals surface area contributed by atoms with Gasteiger partial charge in [0.15, 0.2) is 16.5 Å². The summed E-state index contributed by atoms with van der Waals surface area (Å²) in [5.74, 6) is 0. The van der Waals surface area contributed by atoms with Gasteiger partial charge < -0.3 is 9.32 Å². The van der Waals surface area contributed by atoms with E-state index in [2.05, 4.69) is 75.7 Å². The molecule has 22 heavy (non-hydrogen) atoms. The summed E-state index contributed by atoms with van der Waals surface area (Å²) in [6.07, 6.45) is 0. The molecular formula is C18H24N2Si2. The van der Waals surface area contributed by atoms with Crippen molar-refractivity contribution >= 4 is 38.7 Å². The van der Waals surface area contributed by atoms with E-state index in [-0.39, 0.29) is 0 Å². The van der Waals surface area contributed by atoms with Crippen LogP contribution in [0, 0.1) is 0 Å². The highest BCUT2D eigenvalue weighted by molar-refractivity contribution is 6.81. The van der Waals surface area contributed by atoms with Crippen molar-refractivity contribution in [2.24, 2.45) is 9.32 Å². The highest BCUT2D eigenvalue weighted by Gasteiger charge is 2.30. The number of rotatable bonds is 2. The van der Waals surface area contributed by atoms with Crippen LogP contribution in [-0.2, 0) is 0 Å². The van der Waals surface area contributed by atoms with Crippen LogP contribution in [0.15, 0.2) is 45.7 Å². The molecule has 3 rings (SSSR count). The van der Waals surface area contributed by atoms with Gasteiger partial charge in [0.25, 0.3) is 0 Å². The Morgan fingerprint density at radius 2 is 1.05 bits per heavy atom. The molecule has 1 aliphatic carbocycles. The van der Waals surface area contributed by atoms with Crippen molar-refractivity contribution in [2.45, 2.75) is 39.3 Å². The third-order valence-corrected chi connectivity index (χ3v) is 5.32. The molecule has 0 aliphatic heterocycles. The molecule has 0 fully saturated rings. The zero-order valence-electron chi connectivity index (χ0n) is 14.4. The van der Waals surface area contributed by atoms with Crippen LogP contribution in [0.5, 0.6) is 0 Å². The molecule has 114 valence electrons. The normalized spacial score (nSPS) is 18.6. The number of hydrogen-bond acceptors (Lipinski definition) is 2. The molecule has 2 nitrogen and oxygen atoms in total. The molecule has 0 amide bonds. The Labute approximate surface area is 135 Å². The minimum Gasteiger partial charge on any atom is -0.319 e. The fraction of sp³-hybridized carbons (Fsp3) is 0.333. The van der Waals surface area contributed by atoms with Gasteiger partial charge in [-0.05, 0) is 44.7 Å². The molecule has 0 heterocycles. The molecule has 0 aromatic heterocycles. The van der Waals surface area contributed by atoms with Crippen LogP contribution in [0.1, 0.15) is 11.1 Å². The van der Waals surface area contributed by atoms with Crippen molar-refractivity contribution in [1.82, 2.24) is 0 Å². The van der Waals surface area contributed by atoms with Crippen molar-refractivity contribution in [1.29, 1.82) is 0 Å². The highest BCUT2D eigenvalue weighted by Crippen LogP contribution is 2.33. The molecule has 0 saturated carbocycles. The second-order valence-electron chi connectivity index (χ2n) is 7.97. The summed E-state index contributed by atoms with van der Waals surface area (Å²) in [5.41, 5.74) is 4.81. The fourth-order valence-electron chi connectivity index (χ4n) is 2.89. The van der Waals surface area contributed by atoms with E-state index in [1.165, 1.54) is 21.9 Å². The maximum atomic E-state index is 5.16. The van der Waals surface area contributed by atoms with E-state index >= 15 is 0 Å². The first kappa shape index (κ1) is 15.4. The van der Waals surface area contributed by atoms with Gasteiger partial charge in [-0.1, -0.05) is 36.4 Å². The van der Waals surface area contributed by atoms with Crippen molar-refractivity contribution in [3.8, 4) is 0 Å². The zero-order chi connectivity index (χ0) is 16.1. The summed E-state index contributed by atoms with van der Waals surface area (Å²) in [7, 11) is -3.14. The van der Waals surface area contributed by atoms with Crippen LogP contribution in [0.2, 0.25) is 39.3 Å². The molecule has 0 bridgehead atoms. The molecule has 2 aromatic carbocycles. The quantitative estimate of drug-likeness (QED) is 0.687. The van der Waals surface area contributed by atoms with Crippen molar-refractivity contribution in [3.63, 3.8) is 0 Å². The van der Waals surface area contributed by atoms with Gasteiger partial charge in [-0.2, -0.15) is 0 Å². The summed E-state index contributed by atoms with van der Waals surface area (Å²) in [4.78, 5) is 0. The number of benzene rings is 2. The van der Waals surface area contributed by atoms with Crippen LogP contribution >= 0.6 is 0 Å². The Bertz CT molecular complexity index is 741. The first-order chi connectivity index (χ1) is 10.2. The van der Waals surface area contributed by atoms with E-state index in [0.717, 1.165) is 11.4 Å². The molecule has 0 unspecified atom stereocenters. The van der Waals surface area contributed by atoms with E-state index in [0.29, 0.717) is 0 Å². The number of nitrogens with zero attached hydrogens (tertiary/aromatic N) is 2. The third-order valence-electron chi connectivity index (χ3n) is 3.53. The Balaban J connectivity index is 2.37. The van der Waals surface area contributed by atoms with E-state index < -0.39 is 16.5 Å². The van der Waals surface area contributed by atoms with Crippen molar-refractivity contribution in [3.05, 3.63) is 47.5 Å². The summed E-state index contributed by atoms with van der Waals surface area (Å²) < 4.78 is 10.3. The second kappa shape index (κ2) is 5.00. The lowest BCUT2D eigenvalue weighted by molar-refractivity contribution is 1.54. The first-order valence-electron chi connectivity index (χ1n) is 7.88. The molecule has 0 radical (unpaired) electrons. The third kappa shape index (κ3) is 2.85. The molecule has 4 heteroatoms. The predicted molar refractivity (Wildman–Crippen MR) is 104 cm³/mol. The van der Waals surface area contributed by atoms with Crippen molar-refractivity contribution < 1.29 is 0 Å². The minimum atomic E-state index is -1.57. The highest BCUT2D eigenvalue weighted by atomic mass is 28.3. The molecule has 0 N–H and O–H groups in total. The topological polar surface area (TPSA) is 24.7 Å². The van der Waals surface area contributed by atoms with Gasteiger partial charge in [0.05, 0.1) is 11.4 Å². The van der Waals surface area contributed by atoms with Crippen LogP contribution in [-0.4, -0.2) is 27.9 Å². The van der Waals surface area contributed by atoms with Crippen molar-refractivity contribution in [2.75, 3.05) is 0 Å².